The Bertz CT molecular complexity index is 327. The first-order valence-corrected chi connectivity index (χ1v) is 4.21. The van der Waals surface area contributed by atoms with Crippen molar-refractivity contribution in [3.8, 4) is 6.01 Å². The fourth-order valence-electron chi connectivity index (χ4n) is 0.798. The molecule has 3 N–H and O–H groups in total. The number of hydrogen-bond donors (Lipinski definition) is 2. The van der Waals surface area contributed by atoms with E-state index in [1.54, 1.807) is 0 Å². The molecule has 1 aromatic heterocycles. The second-order valence-electron chi connectivity index (χ2n) is 2.56. The molecule has 0 bridgehead atoms. The third-order valence-corrected chi connectivity index (χ3v) is 1.44. The molecule has 0 saturated carbocycles. The highest BCUT2D eigenvalue weighted by molar-refractivity contribution is 5.95. The van der Waals surface area contributed by atoms with E-state index < -0.39 is 0 Å². The van der Waals surface area contributed by atoms with Crippen LogP contribution in [0.3, 0.4) is 0 Å². The lowest BCUT2D eigenvalue weighted by Crippen LogP contribution is -2.15. The van der Waals surface area contributed by atoms with Gasteiger partial charge in [0.1, 0.15) is 5.69 Å². The Kier molecular flexibility index (Phi) is 3.66. The zero-order valence-electron chi connectivity index (χ0n) is 7.84. The Labute approximate surface area is 81.4 Å². The first kappa shape index (κ1) is 10.2. The van der Waals surface area contributed by atoms with Crippen molar-refractivity contribution in [2.24, 2.45) is 10.9 Å². The third kappa shape index (κ3) is 2.58. The Morgan fingerprint density at radius 2 is 2.50 bits per heavy atom. The summed E-state index contributed by atoms with van der Waals surface area (Å²) in [5.74, 6) is -0.0613. The summed E-state index contributed by atoms with van der Waals surface area (Å²) in [5, 5.41) is 11.2. The SMILES string of the molecule is CCCOc1nccc(/C(N)=N/O)n1. The maximum Gasteiger partial charge on any atom is 0.317 e. The number of ether oxygens (including phenoxy) is 1. The van der Waals surface area contributed by atoms with Crippen LogP contribution < -0.4 is 10.5 Å². The fourth-order valence-corrected chi connectivity index (χ4v) is 0.798. The average molecular weight is 196 g/mol. The molecule has 1 heterocycles. The van der Waals surface area contributed by atoms with Gasteiger partial charge in [-0.3, -0.25) is 0 Å². The molecule has 1 rings (SSSR count). The summed E-state index contributed by atoms with van der Waals surface area (Å²) in [6.45, 7) is 2.52. The highest BCUT2D eigenvalue weighted by atomic mass is 16.5. The molecule has 0 aliphatic rings. The molecule has 0 spiro atoms. The van der Waals surface area contributed by atoms with Gasteiger partial charge >= 0.3 is 6.01 Å². The zero-order chi connectivity index (χ0) is 10.4. The monoisotopic (exact) mass is 196 g/mol. The summed E-state index contributed by atoms with van der Waals surface area (Å²) in [7, 11) is 0. The lowest BCUT2D eigenvalue weighted by Gasteiger charge is -2.02. The largest absolute Gasteiger partial charge is 0.463 e. The molecule has 6 heteroatoms. The minimum absolute atomic E-state index is 0.0613. The third-order valence-electron chi connectivity index (χ3n) is 1.44. The van der Waals surface area contributed by atoms with Gasteiger partial charge in [0.15, 0.2) is 5.84 Å². The molecular weight excluding hydrogens is 184 g/mol. The molecule has 0 atom stereocenters. The van der Waals surface area contributed by atoms with Crippen LogP contribution in [0.1, 0.15) is 19.0 Å². The van der Waals surface area contributed by atoms with Gasteiger partial charge in [-0.05, 0) is 12.5 Å². The van der Waals surface area contributed by atoms with E-state index in [9.17, 15) is 0 Å². The molecule has 0 radical (unpaired) electrons. The Hall–Kier alpha value is -1.85. The first-order valence-electron chi connectivity index (χ1n) is 4.21. The fraction of sp³-hybridized carbons (Fsp3) is 0.375. The normalized spacial score (nSPS) is 11.4. The second-order valence-corrected chi connectivity index (χ2v) is 2.56. The highest BCUT2D eigenvalue weighted by Gasteiger charge is 2.03. The van der Waals surface area contributed by atoms with Crippen LogP contribution in [0.4, 0.5) is 0 Å². The number of hydrogen-bond acceptors (Lipinski definition) is 5. The zero-order valence-corrected chi connectivity index (χ0v) is 7.84. The van der Waals surface area contributed by atoms with Gasteiger partial charge < -0.3 is 15.7 Å². The number of rotatable bonds is 4. The maximum absolute atomic E-state index is 8.42. The van der Waals surface area contributed by atoms with Crippen molar-refractivity contribution >= 4 is 5.84 Å². The van der Waals surface area contributed by atoms with Gasteiger partial charge in [-0.25, -0.2) is 4.98 Å². The topological polar surface area (TPSA) is 93.6 Å². The van der Waals surface area contributed by atoms with E-state index in [0.29, 0.717) is 12.3 Å². The van der Waals surface area contributed by atoms with E-state index in [4.69, 9.17) is 15.7 Å². The lowest BCUT2D eigenvalue weighted by atomic mass is 10.4. The van der Waals surface area contributed by atoms with Crippen LogP contribution in [0, 0.1) is 0 Å². The van der Waals surface area contributed by atoms with Crippen molar-refractivity contribution in [3.63, 3.8) is 0 Å². The average Bonchev–Trinajstić information content (AvgIpc) is 2.25. The molecule has 0 saturated heterocycles. The van der Waals surface area contributed by atoms with Crippen LogP contribution >= 0.6 is 0 Å². The first-order chi connectivity index (χ1) is 6.77. The van der Waals surface area contributed by atoms with Gasteiger partial charge in [0.05, 0.1) is 6.61 Å². The molecule has 0 aromatic carbocycles. The molecule has 0 aliphatic carbocycles. The van der Waals surface area contributed by atoms with E-state index in [1.807, 2.05) is 6.92 Å². The van der Waals surface area contributed by atoms with Crippen LogP contribution in [0.5, 0.6) is 6.01 Å². The summed E-state index contributed by atoms with van der Waals surface area (Å²) in [6.07, 6.45) is 2.36. The number of amidine groups is 1. The van der Waals surface area contributed by atoms with E-state index in [-0.39, 0.29) is 11.8 Å². The molecular formula is C8H12N4O2. The molecule has 1 aromatic rings. The van der Waals surface area contributed by atoms with Gasteiger partial charge in [0.2, 0.25) is 0 Å². The Morgan fingerprint density at radius 1 is 1.71 bits per heavy atom. The van der Waals surface area contributed by atoms with Gasteiger partial charge in [-0.15, -0.1) is 0 Å². The smallest absolute Gasteiger partial charge is 0.317 e. The molecule has 0 fully saturated rings. The minimum atomic E-state index is -0.0613. The molecule has 0 amide bonds. The van der Waals surface area contributed by atoms with Gasteiger partial charge in [-0.2, -0.15) is 4.98 Å². The van der Waals surface area contributed by atoms with Crippen molar-refractivity contribution < 1.29 is 9.94 Å². The van der Waals surface area contributed by atoms with Crippen molar-refractivity contribution in [3.05, 3.63) is 18.0 Å². The van der Waals surface area contributed by atoms with E-state index in [0.717, 1.165) is 6.42 Å². The maximum atomic E-state index is 8.42. The number of nitrogens with zero attached hydrogens (tertiary/aromatic N) is 3. The Morgan fingerprint density at radius 3 is 3.14 bits per heavy atom. The van der Waals surface area contributed by atoms with Gasteiger partial charge in [0.25, 0.3) is 0 Å². The Balaban J connectivity index is 2.79. The molecule has 6 nitrogen and oxygen atoms in total. The molecule has 0 unspecified atom stereocenters. The molecule has 14 heavy (non-hydrogen) atoms. The predicted octanol–water partition coefficient (Wildman–Crippen LogP) is 0.360. The van der Waals surface area contributed by atoms with Crippen LogP contribution in [-0.4, -0.2) is 27.6 Å². The van der Waals surface area contributed by atoms with E-state index in [2.05, 4.69) is 15.1 Å². The summed E-state index contributed by atoms with van der Waals surface area (Å²) in [6, 6.07) is 1.77. The summed E-state index contributed by atoms with van der Waals surface area (Å²) < 4.78 is 5.18. The molecule has 0 aliphatic heterocycles. The van der Waals surface area contributed by atoms with E-state index in [1.165, 1.54) is 12.3 Å². The van der Waals surface area contributed by atoms with Gasteiger partial charge in [-0.1, -0.05) is 12.1 Å². The number of oxime groups is 1. The van der Waals surface area contributed by atoms with Crippen molar-refractivity contribution in [2.75, 3.05) is 6.61 Å². The summed E-state index contributed by atoms with van der Waals surface area (Å²) >= 11 is 0. The minimum Gasteiger partial charge on any atom is -0.463 e. The lowest BCUT2D eigenvalue weighted by molar-refractivity contribution is 0.291. The van der Waals surface area contributed by atoms with Crippen molar-refractivity contribution in [1.29, 1.82) is 0 Å². The predicted molar refractivity (Wildman–Crippen MR) is 50.3 cm³/mol. The van der Waals surface area contributed by atoms with Crippen LogP contribution in [0.2, 0.25) is 0 Å². The van der Waals surface area contributed by atoms with Crippen LogP contribution in [-0.2, 0) is 0 Å². The standard InChI is InChI=1S/C8H12N4O2/c1-2-5-14-8-10-4-3-6(11-8)7(9)12-13/h3-4,13H,2,5H2,1H3,(H2,9,12). The highest BCUT2D eigenvalue weighted by Crippen LogP contribution is 2.02. The van der Waals surface area contributed by atoms with Crippen molar-refractivity contribution in [2.45, 2.75) is 13.3 Å². The molecule has 76 valence electrons. The number of aromatic nitrogens is 2. The summed E-state index contributed by atoms with van der Waals surface area (Å²) in [5.41, 5.74) is 5.69. The quantitative estimate of drug-likeness (QED) is 0.314. The van der Waals surface area contributed by atoms with Gasteiger partial charge in [0, 0.05) is 6.20 Å². The van der Waals surface area contributed by atoms with Crippen molar-refractivity contribution in [1.82, 2.24) is 9.97 Å². The van der Waals surface area contributed by atoms with Crippen LogP contribution in [0.15, 0.2) is 17.4 Å². The summed E-state index contributed by atoms with van der Waals surface area (Å²) in [4.78, 5) is 7.80. The van der Waals surface area contributed by atoms with Crippen LogP contribution in [0.25, 0.3) is 0 Å². The van der Waals surface area contributed by atoms with E-state index >= 15 is 0 Å². The second kappa shape index (κ2) is 5.00. The number of nitrogens with two attached hydrogens (primary N) is 1.